The monoisotopic (exact) mass is 320 g/mol. The van der Waals surface area contributed by atoms with Gasteiger partial charge in [0.05, 0.1) is 13.0 Å². The zero-order valence-corrected chi connectivity index (χ0v) is 15.2. The van der Waals surface area contributed by atoms with Crippen LogP contribution in [0, 0.1) is 34.5 Å². The van der Waals surface area contributed by atoms with Crippen molar-refractivity contribution in [3.63, 3.8) is 0 Å². The highest BCUT2D eigenvalue weighted by molar-refractivity contribution is 5.87. The van der Waals surface area contributed by atoms with Crippen molar-refractivity contribution in [1.29, 1.82) is 0 Å². The molecule has 0 aromatic heterocycles. The van der Waals surface area contributed by atoms with E-state index in [-0.39, 0.29) is 23.2 Å². The van der Waals surface area contributed by atoms with Crippen LogP contribution in [-0.4, -0.2) is 18.9 Å². The molecule has 3 aliphatic rings. The number of hydrogen-bond acceptors (Lipinski definition) is 3. The summed E-state index contributed by atoms with van der Waals surface area (Å²) in [5.41, 5.74) is 0.653. The first-order chi connectivity index (χ1) is 10.8. The van der Waals surface area contributed by atoms with Gasteiger partial charge in [0.25, 0.3) is 0 Å². The van der Waals surface area contributed by atoms with E-state index in [1.807, 2.05) is 0 Å². The Morgan fingerprint density at radius 1 is 1.09 bits per heavy atom. The smallest absolute Gasteiger partial charge is 0.309 e. The first-order valence-corrected chi connectivity index (χ1v) is 9.40. The Kier molecular flexibility index (Phi) is 4.35. The topological polar surface area (TPSA) is 43.4 Å². The van der Waals surface area contributed by atoms with Gasteiger partial charge in [-0.25, -0.2) is 0 Å². The molecule has 0 aromatic carbocycles. The number of carbonyl (C=O) groups excluding carboxylic acids is 2. The Bertz CT molecular complexity index is 495. The van der Waals surface area contributed by atoms with E-state index in [4.69, 9.17) is 4.74 Å². The number of ether oxygens (including phenoxy) is 1. The molecule has 0 heterocycles. The van der Waals surface area contributed by atoms with Gasteiger partial charge in [-0.2, -0.15) is 0 Å². The third kappa shape index (κ3) is 2.74. The van der Waals surface area contributed by atoms with E-state index in [2.05, 4.69) is 20.8 Å². The molecule has 3 fully saturated rings. The largest absolute Gasteiger partial charge is 0.469 e. The second-order valence-electron chi connectivity index (χ2n) is 9.16. The highest BCUT2D eigenvalue weighted by atomic mass is 16.5. The van der Waals surface area contributed by atoms with Crippen molar-refractivity contribution in [2.45, 2.75) is 72.1 Å². The molecule has 0 radical (unpaired) electrons. The van der Waals surface area contributed by atoms with E-state index in [0.29, 0.717) is 29.5 Å². The molecule has 5 atom stereocenters. The number of carbonyl (C=O) groups is 2. The standard InChI is InChI=1S/C20H32O3/c1-19(2)10-5-11-20(3)15-8-6-13(18(22)23-4)12-16(21)14(15)7-9-17(19)20/h13-15,17H,5-12H2,1-4H3/t13?,14-,15-,17?,20+/m0/s1. The molecule has 0 bridgehead atoms. The lowest BCUT2D eigenvalue weighted by molar-refractivity contribution is -0.147. The number of esters is 1. The van der Waals surface area contributed by atoms with Crippen LogP contribution in [0.1, 0.15) is 72.1 Å². The second kappa shape index (κ2) is 5.89. The van der Waals surface area contributed by atoms with Crippen molar-refractivity contribution in [1.82, 2.24) is 0 Å². The van der Waals surface area contributed by atoms with Gasteiger partial charge in [0.2, 0.25) is 0 Å². The maximum absolute atomic E-state index is 12.8. The predicted octanol–water partition coefficient (Wildman–Crippen LogP) is 4.39. The molecule has 23 heavy (non-hydrogen) atoms. The molecule has 0 amide bonds. The average Bonchev–Trinajstić information content (AvgIpc) is 2.66. The van der Waals surface area contributed by atoms with Crippen molar-refractivity contribution in [3.8, 4) is 0 Å². The molecular weight excluding hydrogens is 288 g/mol. The van der Waals surface area contributed by atoms with E-state index in [1.165, 1.54) is 32.8 Å². The normalized spacial score (nSPS) is 43.0. The van der Waals surface area contributed by atoms with Crippen LogP contribution in [0.2, 0.25) is 0 Å². The number of rotatable bonds is 1. The molecule has 130 valence electrons. The molecule has 0 aliphatic heterocycles. The lowest BCUT2D eigenvalue weighted by Gasteiger charge is -2.59. The van der Waals surface area contributed by atoms with Crippen molar-refractivity contribution >= 4 is 11.8 Å². The molecule has 0 N–H and O–H groups in total. The van der Waals surface area contributed by atoms with E-state index < -0.39 is 0 Å². The zero-order valence-electron chi connectivity index (χ0n) is 15.2. The molecule has 3 heteroatoms. The summed E-state index contributed by atoms with van der Waals surface area (Å²) < 4.78 is 4.92. The van der Waals surface area contributed by atoms with E-state index in [0.717, 1.165) is 19.3 Å². The Labute approximate surface area is 140 Å². The number of fused-ring (bicyclic) bond motifs is 3. The van der Waals surface area contributed by atoms with Gasteiger partial charge in [-0.1, -0.05) is 27.2 Å². The quantitative estimate of drug-likeness (QED) is 0.673. The molecular formula is C20H32O3. The highest BCUT2D eigenvalue weighted by Crippen LogP contribution is 2.63. The summed E-state index contributed by atoms with van der Waals surface area (Å²) in [6.07, 6.45) is 8.28. The SMILES string of the molecule is COC(=O)C1CC[C@H]2[C@H](CCC3C(C)(C)CCC[C@@]32C)C(=O)C1. The number of Topliss-reactive ketones (excluding diaryl/α,β-unsaturated/α-hetero) is 1. The molecule has 0 saturated heterocycles. The van der Waals surface area contributed by atoms with Crippen molar-refractivity contribution in [2.24, 2.45) is 34.5 Å². The summed E-state index contributed by atoms with van der Waals surface area (Å²) >= 11 is 0. The van der Waals surface area contributed by atoms with Crippen molar-refractivity contribution in [3.05, 3.63) is 0 Å². The minimum atomic E-state index is -0.211. The van der Waals surface area contributed by atoms with E-state index in [1.54, 1.807) is 0 Å². The first kappa shape index (κ1) is 17.0. The van der Waals surface area contributed by atoms with Gasteiger partial charge >= 0.3 is 5.97 Å². The van der Waals surface area contributed by atoms with Gasteiger partial charge in [-0.3, -0.25) is 9.59 Å². The predicted molar refractivity (Wildman–Crippen MR) is 89.8 cm³/mol. The van der Waals surface area contributed by atoms with Crippen LogP contribution in [0.3, 0.4) is 0 Å². The van der Waals surface area contributed by atoms with E-state index in [9.17, 15) is 9.59 Å². The van der Waals surface area contributed by atoms with Crippen molar-refractivity contribution in [2.75, 3.05) is 7.11 Å². The molecule has 0 spiro atoms. The molecule has 3 rings (SSSR count). The van der Waals surface area contributed by atoms with Gasteiger partial charge in [-0.05, 0) is 61.2 Å². The van der Waals surface area contributed by atoms with Gasteiger partial charge in [0.1, 0.15) is 5.78 Å². The first-order valence-electron chi connectivity index (χ1n) is 9.40. The van der Waals surface area contributed by atoms with Gasteiger partial charge in [0, 0.05) is 12.3 Å². The summed E-state index contributed by atoms with van der Waals surface area (Å²) in [4.78, 5) is 24.8. The maximum atomic E-state index is 12.8. The molecule has 2 unspecified atom stereocenters. The molecule has 3 saturated carbocycles. The Morgan fingerprint density at radius 3 is 2.52 bits per heavy atom. The summed E-state index contributed by atoms with van der Waals surface area (Å²) in [5.74, 6) is 1.28. The van der Waals surface area contributed by atoms with Crippen LogP contribution in [0.4, 0.5) is 0 Å². The van der Waals surface area contributed by atoms with Gasteiger partial charge in [-0.15, -0.1) is 0 Å². The Hall–Kier alpha value is -0.860. The lowest BCUT2D eigenvalue weighted by atomic mass is 9.46. The fourth-order valence-corrected chi connectivity index (χ4v) is 6.50. The fraction of sp³-hybridized carbons (Fsp3) is 0.900. The minimum absolute atomic E-state index is 0.180. The summed E-state index contributed by atoms with van der Waals surface area (Å²) in [5, 5.41) is 0. The van der Waals surface area contributed by atoms with Crippen LogP contribution in [0.25, 0.3) is 0 Å². The van der Waals surface area contributed by atoms with Crippen LogP contribution < -0.4 is 0 Å². The number of methoxy groups -OCH3 is 1. The molecule has 3 nitrogen and oxygen atoms in total. The molecule has 0 aromatic rings. The van der Waals surface area contributed by atoms with Crippen LogP contribution in [0.5, 0.6) is 0 Å². The zero-order chi connectivity index (χ0) is 16.8. The highest BCUT2D eigenvalue weighted by Gasteiger charge is 2.56. The van der Waals surface area contributed by atoms with Crippen LogP contribution in [0.15, 0.2) is 0 Å². The Morgan fingerprint density at radius 2 is 1.83 bits per heavy atom. The molecule has 3 aliphatic carbocycles. The lowest BCUT2D eigenvalue weighted by Crippen LogP contribution is -2.52. The second-order valence-corrected chi connectivity index (χ2v) is 9.16. The number of ketones is 1. The Balaban J connectivity index is 1.88. The van der Waals surface area contributed by atoms with Crippen LogP contribution >= 0.6 is 0 Å². The van der Waals surface area contributed by atoms with Crippen LogP contribution in [-0.2, 0) is 14.3 Å². The third-order valence-electron chi connectivity index (χ3n) is 7.60. The maximum Gasteiger partial charge on any atom is 0.309 e. The number of hydrogen-bond donors (Lipinski definition) is 0. The average molecular weight is 320 g/mol. The third-order valence-corrected chi connectivity index (χ3v) is 7.60. The van der Waals surface area contributed by atoms with Gasteiger partial charge < -0.3 is 4.74 Å². The van der Waals surface area contributed by atoms with Crippen molar-refractivity contribution < 1.29 is 14.3 Å². The summed E-state index contributed by atoms with van der Waals surface area (Å²) in [6, 6.07) is 0. The minimum Gasteiger partial charge on any atom is -0.469 e. The summed E-state index contributed by atoms with van der Waals surface area (Å²) in [7, 11) is 1.44. The summed E-state index contributed by atoms with van der Waals surface area (Å²) in [6.45, 7) is 7.29. The van der Waals surface area contributed by atoms with Gasteiger partial charge in [0.15, 0.2) is 0 Å². The fourth-order valence-electron chi connectivity index (χ4n) is 6.50. The van der Waals surface area contributed by atoms with E-state index >= 15 is 0 Å².